The molecule has 0 radical (unpaired) electrons. The van der Waals surface area contributed by atoms with E-state index in [4.69, 9.17) is 0 Å². The van der Waals surface area contributed by atoms with Crippen molar-refractivity contribution in [3.05, 3.63) is 65.7 Å². The zero-order valence-electron chi connectivity index (χ0n) is 18.4. The molecule has 2 aromatic carbocycles. The second-order valence-corrected chi connectivity index (χ2v) is 7.96. The van der Waals surface area contributed by atoms with Crippen LogP contribution in [0.4, 0.5) is 10.5 Å². The average molecular weight is 424 g/mol. The van der Waals surface area contributed by atoms with Crippen LogP contribution >= 0.6 is 0 Å². The number of rotatable bonds is 8. The van der Waals surface area contributed by atoms with Crippen molar-refractivity contribution < 1.29 is 14.4 Å². The molecule has 8 heteroatoms. The third kappa shape index (κ3) is 4.86. The number of carbonyl (C=O) groups is 3. The number of anilines is 1. The molecule has 0 bridgehead atoms. The summed E-state index contributed by atoms with van der Waals surface area (Å²) in [5, 5.41) is 3.45. The fourth-order valence-electron chi connectivity index (χ4n) is 3.51. The minimum Gasteiger partial charge on any atom is -0.378 e. The minimum atomic E-state index is -1.22. The van der Waals surface area contributed by atoms with Gasteiger partial charge in [-0.1, -0.05) is 49.4 Å². The van der Waals surface area contributed by atoms with Gasteiger partial charge < -0.3 is 10.2 Å². The van der Waals surface area contributed by atoms with Gasteiger partial charge in [-0.25, -0.2) is 4.79 Å². The number of hydrogen-bond donors (Lipinski definition) is 2. The number of hydrazine groups is 1. The second kappa shape index (κ2) is 9.18. The van der Waals surface area contributed by atoms with E-state index in [9.17, 15) is 14.4 Å². The predicted molar refractivity (Wildman–Crippen MR) is 119 cm³/mol. The molecule has 31 heavy (non-hydrogen) atoms. The zero-order valence-corrected chi connectivity index (χ0v) is 18.4. The highest BCUT2D eigenvalue weighted by molar-refractivity contribution is 6.08. The molecule has 0 unspecified atom stereocenters. The number of hydrogen-bond acceptors (Lipinski definition) is 5. The van der Waals surface area contributed by atoms with E-state index in [1.807, 2.05) is 61.2 Å². The van der Waals surface area contributed by atoms with E-state index in [2.05, 4.69) is 10.7 Å². The first-order chi connectivity index (χ1) is 14.7. The molecule has 2 N–H and O–H groups in total. The molecule has 1 fully saturated rings. The largest absolute Gasteiger partial charge is 0.378 e. The molecule has 1 heterocycles. The van der Waals surface area contributed by atoms with E-state index in [0.717, 1.165) is 16.3 Å². The third-order valence-electron chi connectivity index (χ3n) is 5.45. The van der Waals surface area contributed by atoms with Crippen LogP contribution in [0.1, 0.15) is 25.0 Å². The van der Waals surface area contributed by atoms with Gasteiger partial charge in [0, 0.05) is 26.3 Å². The van der Waals surface area contributed by atoms with E-state index in [0.29, 0.717) is 18.7 Å². The van der Waals surface area contributed by atoms with Gasteiger partial charge in [0.25, 0.3) is 11.8 Å². The summed E-state index contributed by atoms with van der Waals surface area (Å²) in [6.07, 6.45) is 0. The highest BCUT2D eigenvalue weighted by atomic mass is 16.2. The Morgan fingerprint density at radius 3 is 2.29 bits per heavy atom. The van der Waals surface area contributed by atoms with Crippen molar-refractivity contribution in [1.82, 2.24) is 20.7 Å². The summed E-state index contributed by atoms with van der Waals surface area (Å²) in [6, 6.07) is 16.4. The molecular weight excluding hydrogens is 394 g/mol. The van der Waals surface area contributed by atoms with Gasteiger partial charge >= 0.3 is 6.03 Å². The number of benzene rings is 2. The molecule has 2 aromatic rings. The molecule has 1 aliphatic rings. The lowest BCUT2D eigenvalue weighted by atomic mass is 9.92. The maximum atomic E-state index is 12.9. The van der Waals surface area contributed by atoms with Crippen LogP contribution in [0.5, 0.6) is 0 Å². The van der Waals surface area contributed by atoms with Crippen LogP contribution in [0.2, 0.25) is 0 Å². The Bertz CT molecular complexity index is 945. The lowest BCUT2D eigenvalue weighted by Gasteiger charge is -2.23. The van der Waals surface area contributed by atoms with Crippen LogP contribution in [0, 0.1) is 0 Å². The van der Waals surface area contributed by atoms with Crippen molar-refractivity contribution in [3.63, 3.8) is 0 Å². The van der Waals surface area contributed by atoms with Gasteiger partial charge in [0.05, 0.1) is 6.54 Å². The lowest BCUT2D eigenvalue weighted by Crippen LogP contribution is -2.50. The summed E-state index contributed by atoms with van der Waals surface area (Å²) in [5.74, 6) is -0.938. The van der Waals surface area contributed by atoms with Crippen LogP contribution in [-0.2, 0) is 21.7 Å². The van der Waals surface area contributed by atoms with Crippen molar-refractivity contribution in [2.24, 2.45) is 0 Å². The van der Waals surface area contributed by atoms with E-state index in [1.165, 1.54) is 0 Å². The molecule has 3 rings (SSSR count). The van der Waals surface area contributed by atoms with E-state index in [-0.39, 0.29) is 6.54 Å². The predicted octanol–water partition coefficient (Wildman–Crippen LogP) is 2.07. The Kier molecular flexibility index (Phi) is 6.60. The number of nitrogens with one attached hydrogen (secondary N) is 2. The Morgan fingerprint density at radius 2 is 1.71 bits per heavy atom. The molecule has 1 aliphatic heterocycles. The summed E-state index contributed by atoms with van der Waals surface area (Å²) in [4.78, 5) is 41.9. The molecule has 1 saturated heterocycles. The number of amides is 4. The summed E-state index contributed by atoms with van der Waals surface area (Å²) < 4.78 is 0. The quantitative estimate of drug-likeness (QED) is 0.635. The van der Waals surface area contributed by atoms with Crippen molar-refractivity contribution in [3.8, 4) is 0 Å². The van der Waals surface area contributed by atoms with Gasteiger partial charge in [-0.15, -0.1) is 0 Å². The summed E-state index contributed by atoms with van der Waals surface area (Å²) >= 11 is 0. The lowest BCUT2D eigenvalue weighted by molar-refractivity contribution is -0.139. The Hall–Kier alpha value is -3.39. The van der Waals surface area contributed by atoms with E-state index >= 15 is 0 Å². The molecule has 0 aromatic heterocycles. The maximum Gasteiger partial charge on any atom is 0.344 e. The highest BCUT2D eigenvalue weighted by Crippen LogP contribution is 2.27. The normalized spacial score (nSPS) is 18.3. The van der Waals surface area contributed by atoms with Crippen molar-refractivity contribution in [2.75, 3.05) is 32.1 Å². The third-order valence-corrected chi connectivity index (χ3v) is 5.45. The first-order valence-electron chi connectivity index (χ1n) is 10.2. The van der Waals surface area contributed by atoms with Crippen molar-refractivity contribution in [1.29, 1.82) is 0 Å². The van der Waals surface area contributed by atoms with Crippen LogP contribution in [0.25, 0.3) is 0 Å². The van der Waals surface area contributed by atoms with E-state index in [1.54, 1.807) is 31.2 Å². The van der Waals surface area contributed by atoms with Crippen molar-refractivity contribution >= 4 is 23.5 Å². The topological polar surface area (TPSA) is 85.0 Å². The SMILES string of the molecule is CCN(CC(=O)NN1C(=O)N[C@](C)(c2ccccc2)C1=O)Cc1ccc(N(C)C)cc1. The number of imide groups is 1. The standard InChI is InChI=1S/C23H29N5O3/c1-5-27(15-17-11-13-19(14-12-17)26(3)4)16-20(29)25-28-21(30)23(2,24-22(28)31)18-9-7-6-8-10-18/h6-14H,5,15-16H2,1-4H3,(H,24,31)(H,25,29)/t23-/m1/s1. The molecule has 1 atom stereocenters. The summed E-state index contributed by atoms with van der Waals surface area (Å²) in [5.41, 5.74) is 4.08. The number of urea groups is 1. The van der Waals surface area contributed by atoms with Gasteiger partial charge in [0.1, 0.15) is 5.54 Å². The molecule has 4 amide bonds. The average Bonchev–Trinajstić information content (AvgIpc) is 2.98. The number of likely N-dealkylation sites (N-methyl/N-ethyl adjacent to an activating group) is 1. The van der Waals surface area contributed by atoms with Crippen LogP contribution in [0.3, 0.4) is 0 Å². The fourth-order valence-corrected chi connectivity index (χ4v) is 3.51. The molecule has 0 saturated carbocycles. The fraction of sp³-hybridized carbons (Fsp3) is 0.348. The number of carbonyl (C=O) groups excluding carboxylic acids is 3. The Labute approximate surface area is 182 Å². The van der Waals surface area contributed by atoms with Crippen molar-refractivity contribution in [2.45, 2.75) is 25.9 Å². The van der Waals surface area contributed by atoms with Gasteiger partial charge in [-0.2, -0.15) is 5.01 Å². The Balaban J connectivity index is 1.62. The summed E-state index contributed by atoms with van der Waals surface area (Å²) in [7, 11) is 3.96. The Morgan fingerprint density at radius 1 is 1.06 bits per heavy atom. The van der Waals surface area contributed by atoms with Crippen LogP contribution in [0.15, 0.2) is 54.6 Å². The molecule has 8 nitrogen and oxygen atoms in total. The first kappa shape index (κ1) is 22.3. The minimum absolute atomic E-state index is 0.0606. The second-order valence-electron chi connectivity index (χ2n) is 7.96. The monoisotopic (exact) mass is 423 g/mol. The van der Waals surface area contributed by atoms with Gasteiger partial charge in [-0.05, 0) is 36.7 Å². The van der Waals surface area contributed by atoms with Crippen LogP contribution < -0.4 is 15.6 Å². The molecule has 164 valence electrons. The first-order valence-corrected chi connectivity index (χ1v) is 10.2. The van der Waals surface area contributed by atoms with Gasteiger partial charge in [0.15, 0.2) is 0 Å². The molecular formula is C23H29N5O3. The van der Waals surface area contributed by atoms with Gasteiger partial charge in [0.2, 0.25) is 0 Å². The molecule has 0 spiro atoms. The zero-order chi connectivity index (χ0) is 22.6. The molecule has 0 aliphatic carbocycles. The van der Waals surface area contributed by atoms with Gasteiger partial charge in [-0.3, -0.25) is 19.9 Å². The highest BCUT2D eigenvalue weighted by Gasteiger charge is 2.49. The number of nitrogens with zero attached hydrogens (tertiary/aromatic N) is 3. The van der Waals surface area contributed by atoms with E-state index < -0.39 is 23.4 Å². The maximum absolute atomic E-state index is 12.9. The summed E-state index contributed by atoms with van der Waals surface area (Å²) in [6.45, 7) is 4.88. The van der Waals surface area contributed by atoms with Crippen LogP contribution in [-0.4, -0.2) is 54.9 Å². The smallest absolute Gasteiger partial charge is 0.344 e.